The molecule has 2 aliphatic heterocycles. The highest BCUT2D eigenvalue weighted by Crippen LogP contribution is 2.41. The molecular weight excluding hydrogens is 389 g/mol. The minimum atomic E-state index is -5.08. The predicted molar refractivity (Wildman–Crippen MR) is 100 cm³/mol. The maximum Gasteiger partial charge on any atom is 0.490 e. The molecule has 0 atom stereocenters. The van der Waals surface area contributed by atoms with Crippen LogP contribution in [-0.4, -0.2) is 66.2 Å². The monoisotopic (exact) mass is 416 g/mol. The van der Waals surface area contributed by atoms with Gasteiger partial charge in [0.15, 0.2) is 0 Å². The number of carbonyl (C=O) groups excluding carboxylic acids is 1. The lowest BCUT2D eigenvalue weighted by atomic mass is 9.77. The lowest BCUT2D eigenvalue weighted by Gasteiger charge is -2.38. The number of aliphatic carboxylic acids is 1. The van der Waals surface area contributed by atoms with Crippen LogP contribution in [0.3, 0.4) is 0 Å². The van der Waals surface area contributed by atoms with Crippen LogP contribution in [0.5, 0.6) is 5.75 Å². The number of hydrogen-bond acceptors (Lipinski definition) is 4. The molecule has 1 aromatic rings. The minimum absolute atomic E-state index is 0.0492. The Morgan fingerprint density at radius 1 is 1.14 bits per heavy atom. The zero-order valence-electron chi connectivity index (χ0n) is 16.7. The molecule has 1 amide bonds. The van der Waals surface area contributed by atoms with E-state index in [1.54, 1.807) is 7.11 Å². The first-order valence-corrected chi connectivity index (χ1v) is 9.56. The van der Waals surface area contributed by atoms with Gasteiger partial charge in [-0.2, -0.15) is 13.2 Å². The Morgan fingerprint density at radius 3 is 2.07 bits per heavy atom. The van der Waals surface area contributed by atoms with E-state index in [2.05, 4.69) is 24.0 Å². The van der Waals surface area contributed by atoms with Crippen molar-refractivity contribution in [2.24, 2.45) is 5.41 Å². The average molecular weight is 416 g/mol. The largest absolute Gasteiger partial charge is 0.497 e. The van der Waals surface area contributed by atoms with Crippen molar-refractivity contribution in [2.45, 2.75) is 38.9 Å². The second-order valence-corrected chi connectivity index (χ2v) is 7.34. The molecule has 2 fully saturated rings. The molecule has 9 heteroatoms. The molecule has 0 aromatic heterocycles. The van der Waals surface area contributed by atoms with Crippen LogP contribution < -0.4 is 4.74 Å². The van der Waals surface area contributed by atoms with E-state index in [0.29, 0.717) is 5.91 Å². The Labute approximate surface area is 168 Å². The first-order valence-electron chi connectivity index (χ1n) is 9.56. The van der Waals surface area contributed by atoms with Crippen LogP contribution in [0.4, 0.5) is 13.2 Å². The smallest absolute Gasteiger partial charge is 0.490 e. The number of hydrogen-bond donors (Lipinski definition) is 1. The number of likely N-dealkylation sites (tertiary alicyclic amines) is 2. The Bertz CT molecular complexity index is 699. The number of carboxylic acids is 1. The molecule has 0 saturated carbocycles. The van der Waals surface area contributed by atoms with E-state index >= 15 is 0 Å². The first-order chi connectivity index (χ1) is 13.6. The fourth-order valence-corrected chi connectivity index (χ4v) is 3.79. The maximum absolute atomic E-state index is 12.5. The van der Waals surface area contributed by atoms with Gasteiger partial charge in [0.05, 0.1) is 12.5 Å². The third-order valence-electron chi connectivity index (χ3n) is 5.60. The van der Waals surface area contributed by atoms with E-state index < -0.39 is 12.1 Å². The van der Waals surface area contributed by atoms with E-state index in [1.807, 2.05) is 17.0 Å². The van der Waals surface area contributed by atoms with Crippen molar-refractivity contribution >= 4 is 11.9 Å². The molecule has 0 bridgehead atoms. The van der Waals surface area contributed by atoms with Gasteiger partial charge in [-0.25, -0.2) is 4.79 Å². The van der Waals surface area contributed by atoms with Gasteiger partial charge in [-0.05, 0) is 57.0 Å². The number of ether oxygens (including phenoxy) is 1. The summed E-state index contributed by atoms with van der Waals surface area (Å²) in [5, 5.41) is 7.12. The highest BCUT2D eigenvalue weighted by atomic mass is 19.4. The van der Waals surface area contributed by atoms with Crippen LogP contribution >= 0.6 is 0 Å². The molecule has 1 N–H and O–H groups in total. The molecule has 3 rings (SSSR count). The lowest BCUT2D eigenvalue weighted by molar-refractivity contribution is -0.192. The Morgan fingerprint density at radius 2 is 1.66 bits per heavy atom. The fourth-order valence-electron chi connectivity index (χ4n) is 3.79. The van der Waals surface area contributed by atoms with Crippen LogP contribution in [0.2, 0.25) is 0 Å². The fraction of sp³-hybridized carbons (Fsp3) is 0.600. The standard InChI is InChI=1S/C18H26N2O2.C2HF3O2/c1-3-20-13-10-18(17(20)21)8-11-19(12-9-18)14-15-4-6-16(22-2)7-5-15;3-2(4,5)1(6)7/h4-7H,3,8-14H2,1-2H3;(H,6,7). The van der Waals surface area contributed by atoms with Gasteiger partial charge in [-0.15, -0.1) is 0 Å². The number of benzene rings is 1. The van der Waals surface area contributed by atoms with E-state index in [9.17, 15) is 18.0 Å². The number of carboxylic acid groups (broad SMARTS) is 1. The molecular formula is C20H27F3N2O4. The van der Waals surface area contributed by atoms with Gasteiger partial charge in [-0.3, -0.25) is 9.69 Å². The zero-order valence-corrected chi connectivity index (χ0v) is 16.7. The van der Waals surface area contributed by atoms with E-state index in [1.165, 1.54) is 5.56 Å². The van der Waals surface area contributed by atoms with Gasteiger partial charge >= 0.3 is 12.1 Å². The van der Waals surface area contributed by atoms with Crippen molar-refractivity contribution in [2.75, 3.05) is 33.3 Å². The van der Waals surface area contributed by atoms with Crippen molar-refractivity contribution in [3.63, 3.8) is 0 Å². The summed E-state index contributed by atoms with van der Waals surface area (Å²) in [6.07, 6.45) is -2.01. The summed E-state index contributed by atoms with van der Waals surface area (Å²) in [7, 11) is 1.69. The summed E-state index contributed by atoms with van der Waals surface area (Å²) in [6.45, 7) is 6.90. The van der Waals surface area contributed by atoms with Crippen molar-refractivity contribution in [3.8, 4) is 5.75 Å². The predicted octanol–water partition coefficient (Wildman–Crippen LogP) is 3.16. The highest BCUT2D eigenvalue weighted by Gasteiger charge is 2.47. The van der Waals surface area contributed by atoms with Gasteiger partial charge in [0.25, 0.3) is 0 Å². The van der Waals surface area contributed by atoms with Crippen LogP contribution in [0.25, 0.3) is 0 Å². The highest BCUT2D eigenvalue weighted by molar-refractivity contribution is 5.85. The summed E-state index contributed by atoms with van der Waals surface area (Å²) in [5.41, 5.74) is 1.26. The molecule has 6 nitrogen and oxygen atoms in total. The quantitative estimate of drug-likeness (QED) is 0.817. The summed E-state index contributed by atoms with van der Waals surface area (Å²) >= 11 is 0. The number of halogens is 3. The van der Waals surface area contributed by atoms with Gasteiger partial charge in [0.1, 0.15) is 5.75 Å². The van der Waals surface area contributed by atoms with E-state index in [-0.39, 0.29) is 5.41 Å². The normalized spacial score (nSPS) is 19.1. The molecule has 2 saturated heterocycles. The Balaban J connectivity index is 0.000000370. The topological polar surface area (TPSA) is 70.1 Å². The number of methoxy groups -OCH3 is 1. The summed E-state index contributed by atoms with van der Waals surface area (Å²) in [5.74, 6) is -1.45. The second kappa shape index (κ2) is 9.47. The molecule has 162 valence electrons. The van der Waals surface area contributed by atoms with Gasteiger partial charge in [0.2, 0.25) is 5.91 Å². The Hall–Kier alpha value is -2.29. The molecule has 0 unspecified atom stereocenters. The summed E-state index contributed by atoms with van der Waals surface area (Å²) < 4.78 is 36.9. The molecule has 0 radical (unpaired) electrons. The SMILES string of the molecule is CCN1CCC2(CCN(Cc3ccc(OC)cc3)CC2)C1=O.O=C(O)C(F)(F)F. The number of piperidine rings is 1. The van der Waals surface area contributed by atoms with Gasteiger partial charge < -0.3 is 14.7 Å². The third kappa shape index (κ3) is 5.85. The molecule has 29 heavy (non-hydrogen) atoms. The summed E-state index contributed by atoms with van der Waals surface area (Å²) in [6, 6.07) is 8.28. The minimum Gasteiger partial charge on any atom is -0.497 e. The van der Waals surface area contributed by atoms with Crippen LogP contribution in [-0.2, 0) is 16.1 Å². The summed E-state index contributed by atoms with van der Waals surface area (Å²) in [4.78, 5) is 25.9. The molecule has 2 aliphatic rings. The molecule has 1 aromatic carbocycles. The number of rotatable bonds is 4. The van der Waals surface area contributed by atoms with Crippen molar-refractivity contribution < 1.29 is 32.6 Å². The number of nitrogens with zero attached hydrogens (tertiary/aromatic N) is 2. The molecule has 0 aliphatic carbocycles. The van der Waals surface area contributed by atoms with E-state index in [0.717, 1.165) is 57.7 Å². The van der Waals surface area contributed by atoms with Crippen molar-refractivity contribution in [1.82, 2.24) is 9.80 Å². The van der Waals surface area contributed by atoms with Crippen LogP contribution in [0, 0.1) is 5.41 Å². The number of alkyl halides is 3. The van der Waals surface area contributed by atoms with Crippen LogP contribution in [0.15, 0.2) is 24.3 Å². The molecule has 1 spiro atoms. The third-order valence-corrected chi connectivity index (χ3v) is 5.60. The van der Waals surface area contributed by atoms with Crippen molar-refractivity contribution in [1.29, 1.82) is 0 Å². The number of carbonyl (C=O) groups is 2. The second-order valence-electron chi connectivity index (χ2n) is 7.34. The van der Waals surface area contributed by atoms with Crippen molar-refractivity contribution in [3.05, 3.63) is 29.8 Å². The lowest BCUT2D eigenvalue weighted by Crippen LogP contribution is -2.44. The zero-order chi connectivity index (χ0) is 21.7. The van der Waals surface area contributed by atoms with Crippen LogP contribution in [0.1, 0.15) is 31.7 Å². The van der Waals surface area contributed by atoms with Gasteiger partial charge in [-0.1, -0.05) is 12.1 Å². The maximum atomic E-state index is 12.5. The van der Waals surface area contributed by atoms with Gasteiger partial charge in [0, 0.05) is 19.6 Å². The average Bonchev–Trinajstić information content (AvgIpc) is 2.99. The molecule has 2 heterocycles. The number of amides is 1. The van der Waals surface area contributed by atoms with E-state index in [4.69, 9.17) is 14.6 Å². The Kier molecular flexibility index (Phi) is 7.51. The first kappa shape index (κ1) is 23.0.